The minimum absolute atomic E-state index is 0.866. The Hall–Kier alpha value is -10.7. The molecule has 0 atom stereocenters. The third-order valence-corrected chi connectivity index (χ3v) is 16.4. The lowest BCUT2D eigenvalue weighted by Gasteiger charge is -2.16. The van der Waals surface area contributed by atoms with Crippen LogP contribution in [0.15, 0.2) is 267 Å². The molecule has 0 saturated carbocycles. The van der Waals surface area contributed by atoms with Gasteiger partial charge >= 0.3 is 0 Å². The third-order valence-electron chi connectivity index (χ3n) is 16.4. The van der Waals surface area contributed by atoms with Crippen LogP contribution in [0.1, 0.15) is 0 Å². The Morgan fingerprint density at radius 1 is 0.215 bits per heavy atom. The average molecular weight is 1010 g/mol. The summed E-state index contributed by atoms with van der Waals surface area (Å²) in [6.07, 6.45) is 0. The van der Waals surface area contributed by atoms with Crippen LogP contribution in [-0.4, -0.2) is 28.7 Å². The first-order valence-electron chi connectivity index (χ1n) is 26.9. The van der Waals surface area contributed by atoms with Crippen LogP contribution in [-0.2, 0) is 0 Å². The Bertz CT molecular complexity index is 5360. The van der Waals surface area contributed by atoms with E-state index in [4.69, 9.17) is 15.0 Å². The lowest BCUT2D eigenvalue weighted by atomic mass is 9.96. The van der Waals surface area contributed by atoms with Crippen molar-refractivity contribution in [3.8, 4) is 51.2 Å². The lowest BCUT2D eigenvalue weighted by Crippen LogP contribution is -2.00. The molecule has 0 N–H and O–H groups in total. The summed E-state index contributed by atoms with van der Waals surface area (Å²) >= 11 is 0. The lowest BCUT2D eigenvalue weighted by molar-refractivity contribution is 1.11. The van der Waals surface area contributed by atoms with E-state index in [-0.39, 0.29) is 0 Å². The van der Waals surface area contributed by atoms with Gasteiger partial charge in [0.05, 0.1) is 33.1 Å². The van der Waals surface area contributed by atoms with E-state index in [1.807, 2.05) is 0 Å². The van der Waals surface area contributed by atoms with Gasteiger partial charge in [-0.1, -0.05) is 218 Å². The quantitative estimate of drug-likeness (QED) is 0.156. The zero-order valence-electron chi connectivity index (χ0n) is 42.6. The van der Waals surface area contributed by atoms with Crippen LogP contribution in [0.5, 0.6) is 0 Å². The highest BCUT2D eigenvalue weighted by molar-refractivity contribution is 6.28. The molecule has 6 nitrogen and oxygen atoms in total. The van der Waals surface area contributed by atoms with Gasteiger partial charge in [0.25, 0.3) is 0 Å². The molecule has 0 aliphatic heterocycles. The molecule has 17 aromatic rings. The number of benzene rings is 14. The maximum atomic E-state index is 5.81. The predicted molar refractivity (Wildman–Crippen MR) is 329 cm³/mol. The molecule has 366 valence electrons. The maximum Gasteiger partial charge on any atom is 0.146 e. The molecule has 0 fully saturated rings. The smallest absolute Gasteiger partial charge is 0.146 e. The van der Waals surface area contributed by atoms with E-state index >= 15 is 0 Å². The van der Waals surface area contributed by atoms with Crippen molar-refractivity contribution in [3.05, 3.63) is 267 Å². The van der Waals surface area contributed by atoms with E-state index in [1.165, 1.54) is 26.9 Å². The van der Waals surface area contributed by atoms with E-state index in [0.717, 1.165) is 133 Å². The van der Waals surface area contributed by atoms with Crippen molar-refractivity contribution in [3.63, 3.8) is 0 Å². The molecule has 0 bridgehead atoms. The van der Waals surface area contributed by atoms with Crippen molar-refractivity contribution in [2.75, 3.05) is 0 Å². The van der Waals surface area contributed by atoms with Crippen molar-refractivity contribution in [2.45, 2.75) is 0 Å². The number of rotatable bonds is 6. The van der Waals surface area contributed by atoms with Crippen LogP contribution in [0.2, 0.25) is 0 Å². The Morgan fingerprint density at radius 3 is 1.01 bits per heavy atom. The van der Waals surface area contributed by atoms with Crippen molar-refractivity contribution < 1.29 is 0 Å². The van der Waals surface area contributed by atoms with E-state index in [0.29, 0.717) is 0 Å². The number of aromatic nitrogens is 6. The van der Waals surface area contributed by atoms with Gasteiger partial charge in [0.15, 0.2) is 0 Å². The van der Waals surface area contributed by atoms with Gasteiger partial charge in [0, 0.05) is 66.1 Å². The van der Waals surface area contributed by atoms with Crippen LogP contribution in [0, 0.1) is 0 Å². The molecule has 0 unspecified atom stereocenters. The minimum Gasteiger partial charge on any atom is -0.292 e. The summed E-state index contributed by atoms with van der Waals surface area (Å²) in [7, 11) is 0. The molecule has 0 saturated heterocycles. The number of para-hydroxylation sites is 3. The highest BCUT2D eigenvalue weighted by atomic mass is 15.1. The monoisotopic (exact) mass is 1000 g/mol. The van der Waals surface area contributed by atoms with Gasteiger partial charge in [-0.25, -0.2) is 15.0 Å². The van der Waals surface area contributed by atoms with Crippen molar-refractivity contribution in [2.24, 2.45) is 0 Å². The highest BCUT2D eigenvalue weighted by Crippen LogP contribution is 2.46. The molecular formula is C73H44N6. The van der Waals surface area contributed by atoms with Gasteiger partial charge in [-0.05, 0) is 91.6 Å². The summed E-state index contributed by atoms with van der Waals surface area (Å²) in [6, 6.07) is 96.1. The summed E-state index contributed by atoms with van der Waals surface area (Å²) < 4.78 is 7.13. The Balaban J connectivity index is 1.03. The molecular weight excluding hydrogens is 961 g/mol. The molecule has 0 amide bonds. The Labute approximate surface area is 453 Å². The predicted octanol–water partition coefficient (Wildman–Crippen LogP) is 18.8. The van der Waals surface area contributed by atoms with Crippen LogP contribution >= 0.6 is 0 Å². The second-order valence-corrected chi connectivity index (χ2v) is 20.6. The molecule has 0 aliphatic carbocycles. The summed E-state index contributed by atoms with van der Waals surface area (Å²) in [6.45, 7) is 0. The summed E-state index contributed by atoms with van der Waals surface area (Å²) in [5.74, 6) is 2.62. The second-order valence-electron chi connectivity index (χ2n) is 20.6. The number of imidazole rings is 3. The molecule has 14 aromatic carbocycles. The molecule has 79 heavy (non-hydrogen) atoms. The number of hydrogen-bond donors (Lipinski definition) is 0. The summed E-state index contributed by atoms with van der Waals surface area (Å²) in [5, 5.41) is 15.9. The average Bonchev–Trinajstić information content (AvgIpc) is 4.25. The van der Waals surface area contributed by atoms with Crippen molar-refractivity contribution in [1.29, 1.82) is 0 Å². The van der Waals surface area contributed by atoms with Gasteiger partial charge in [-0.3, -0.25) is 13.7 Å². The first kappa shape index (κ1) is 43.5. The molecule has 3 aromatic heterocycles. The zero-order chi connectivity index (χ0) is 51.7. The van der Waals surface area contributed by atoms with Gasteiger partial charge in [0.2, 0.25) is 0 Å². The van der Waals surface area contributed by atoms with E-state index in [9.17, 15) is 0 Å². The number of fused-ring (bicyclic) bond motifs is 19. The van der Waals surface area contributed by atoms with Crippen molar-refractivity contribution in [1.82, 2.24) is 28.7 Å². The standard InChI is InChI=1S/C73H44N6/c1-4-23-48(24-5-1)77-68-59-36-18-14-32-54(59)52-30-12-16-34-56(52)65(68)74-71(77)46-39-41-58-63(43-46)64-44-47(72-75-66-57-35-17-13-31-53(57)55-33-15-19-37-60(55)69(66)78(72)49-25-6-2-7-26-49)40-42-61(64)70-67(58)76-73(79(70)50-27-8-3-9-28-50)62-38-20-22-45-21-10-11-29-51(45)62/h1-44H. The van der Waals surface area contributed by atoms with Crippen molar-refractivity contribution >= 4 is 109 Å². The van der Waals surface area contributed by atoms with Crippen LogP contribution in [0.4, 0.5) is 0 Å². The second kappa shape index (κ2) is 16.9. The fourth-order valence-electron chi connectivity index (χ4n) is 13.0. The molecule has 17 rings (SSSR count). The minimum atomic E-state index is 0.866. The Kier molecular flexibility index (Phi) is 9.32. The maximum absolute atomic E-state index is 5.81. The normalized spacial score (nSPS) is 12.1. The van der Waals surface area contributed by atoms with Crippen LogP contribution in [0.25, 0.3) is 160 Å². The summed E-state index contributed by atoms with van der Waals surface area (Å²) in [4.78, 5) is 17.3. The number of hydrogen-bond acceptors (Lipinski definition) is 3. The first-order valence-corrected chi connectivity index (χ1v) is 26.9. The molecule has 0 spiro atoms. The summed E-state index contributed by atoms with van der Waals surface area (Å²) in [5.41, 5.74) is 12.3. The van der Waals surface area contributed by atoms with Crippen LogP contribution < -0.4 is 0 Å². The topological polar surface area (TPSA) is 53.5 Å². The van der Waals surface area contributed by atoms with Gasteiger partial charge in [-0.2, -0.15) is 0 Å². The van der Waals surface area contributed by atoms with E-state index in [2.05, 4.69) is 281 Å². The van der Waals surface area contributed by atoms with E-state index < -0.39 is 0 Å². The van der Waals surface area contributed by atoms with Gasteiger partial charge in [-0.15, -0.1) is 0 Å². The molecule has 6 heteroatoms. The highest BCUT2D eigenvalue weighted by Gasteiger charge is 2.26. The van der Waals surface area contributed by atoms with Crippen LogP contribution in [0.3, 0.4) is 0 Å². The fraction of sp³-hybridized carbons (Fsp3) is 0. The van der Waals surface area contributed by atoms with Gasteiger partial charge in [0.1, 0.15) is 17.5 Å². The zero-order valence-corrected chi connectivity index (χ0v) is 42.6. The fourth-order valence-corrected chi connectivity index (χ4v) is 13.0. The molecule has 0 radical (unpaired) electrons. The van der Waals surface area contributed by atoms with Gasteiger partial charge < -0.3 is 0 Å². The molecule has 3 heterocycles. The number of nitrogens with zero attached hydrogens (tertiary/aromatic N) is 6. The largest absolute Gasteiger partial charge is 0.292 e. The van der Waals surface area contributed by atoms with E-state index in [1.54, 1.807) is 0 Å². The first-order chi connectivity index (χ1) is 39.2. The molecule has 0 aliphatic rings. The third kappa shape index (κ3) is 6.37. The SMILES string of the molecule is c1ccc(-n2c(-c3ccc4c(c3)c3cc(-c5nc6c7ccccc7c7ccccc7c6n5-c5ccccc5)ccc3c3c4nc(-c4cccc5ccccc45)n3-c3ccccc3)nc3c4ccccc4c4ccccc4c32)cc1. The Morgan fingerprint density at radius 2 is 0.532 bits per heavy atom.